The van der Waals surface area contributed by atoms with Crippen LogP contribution in [0.1, 0.15) is 19.8 Å². The molecule has 0 aromatic rings. The average molecular weight is 245 g/mol. The summed E-state index contributed by atoms with van der Waals surface area (Å²) in [6.45, 7) is 1.64. The lowest BCUT2D eigenvalue weighted by molar-refractivity contribution is -0.275. The highest BCUT2D eigenvalue weighted by Gasteiger charge is 2.64. The first-order valence-electron chi connectivity index (χ1n) is 4.90. The van der Waals surface area contributed by atoms with Gasteiger partial charge in [0.05, 0.1) is 0 Å². The Morgan fingerprint density at radius 1 is 1.25 bits per heavy atom. The van der Waals surface area contributed by atoms with E-state index in [1.54, 1.807) is 6.92 Å². The van der Waals surface area contributed by atoms with E-state index in [2.05, 4.69) is 0 Å². The molecule has 0 bridgehead atoms. The molecular formula is C9H12F5NO. The molecule has 1 atom stereocenters. The summed E-state index contributed by atoms with van der Waals surface area (Å²) < 4.78 is 61.3. The molecule has 0 aliphatic carbocycles. The number of alkyl halides is 5. The van der Waals surface area contributed by atoms with Crippen LogP contribution >= 0.6 is 0 Å². The average Bonchev–Trinajstić information content (AvgIpc) is 2.14. The zero-order valence-corrected chi connectivity index (χ0v) is 8.65. The third kappa shape index (κ3) is 2.44. The fourth-order valence-electron chi connectivity index (χ4n) is 1.69. The maximum Gasteiger partial charge on any atom is 0.463 e. The van der Waals surface area contributed by atoms with Crippen molar-refractivity contribution >= 4 is 5.91 Å². The molecule has 1 unspecified atom stereocenters. The number of carbonyl (C=O) groups excluding carboxylic acids is 1. The summed E-state index contributed by atoms with van der Waals surface area (Å²) in [6, 6.07) is 0. The van der Waals surface area contributed by atoms with E-state index in [-0.39, 0.29) is 19.0 Å². The summed E-state index contributed by atoms with van der Waals surface area (Å²) in [7, 11) is 0. The van der Waals surface area contributed by atoms with E-state index in [0.717, 1.165) is 6.42 Å². The van der Waals surface area contributed by atoms with Crippen LogP contribution < -0.4 is 0 Å². The van der Waals surface area contributed by atoms with Gasteiger partial charge < -0.3 is 4.90 Å². The van der Waals surface area contributed by atoms with Gasteiger partial charge in [0.15, 0.2) is 0 Å². The van der Waals surface area contributed by atoms with Gasteiger partial charge >= 0.3 is 18.0 Å². The lowest BCUT2D eigenvalue weighted by atomic mass is 10.00. The van der Waals surface area contributed by atoms with Crippen molar-refractivity contribution in [2.75, 3.05) is 13.1 Å². The Hall–Kier alpha value is -0.880. The first-order valence-corrected chi connectivity index (χ1v) is 4.90. The number of nitrogens with zero attached hydrogens (tertiary/aromatic N) is 1. The Bertz CT molecular complexity index is 276. The highest BCUT2D eigenvalue weighted by Crippen LogP contribution is 2.37. The molecule has 0 spiro atoms. The monoisotopic (exact) mass is 245 g/mol. The second-order valence-electron chi connectivity index (χ2n) is 4.07. The van der Waals surface area contributed by atoms with Crippen molar-refractivity contribution in [1.82, 2.24) is 4.90 Å². The highest BCUT2D eigenvalue weighted by atomic mass is 19.4. The van der Waals surface area contributed by atoms with Crippen LogP contribution in [0.15, 0.2) is 0 Å². The van der Waals surface area contributed by atoms with Crippen molar-refractivity contribution in [3.8, 4) is 0 Å². The summed E-state index contributed by atoms with van der Waals surface area (Å²) in [5.41, 5.74) is 0. The molecule has 7 heteroatoms. The number of amides is 1. The van der Waals surface area contributed by atoms with Crippen molar-refractivity contribution in [1.29, 1.82) is 0 Å². The third-order valence-corrected chi connectivity index (χ3v) is 2.57. The van der Waals surface area contributed by atoms with E-state index in [1.807, 2.05) is 0 Å². The molecule has 0 radical (unpaired) electrons. The Morgan fingerprint density at radius 3 is 2.25 bits per heavy atom. The summed E-state index contributed by atoms with van der Waals surface area (Å²) in [5.74, 6) is -7.45. The van der Waals surface area contributed by atoms with E-state index < -0.39 is 18.0 Å². The van der Waals surface area contributed by atoms with Crippen LogP contribution in [-0.2, 0) is 4.79 Å². The van der Waals surface area contributed by atoms with Gasteiger partial charge in [-0.05, 0) is 18.8 Å². The quantitative estimate of drug-likeness (QED) is 0.650. The van der Waals surface area contributed by atoms with Gasteiger partial charge in [-0.25, -0.2) is 0 Å². The minimum absolute atomic E-state index is 0.0329. The molecule has 1 fully saturated rings. The molecular weight excluding hydrogens is 233 g/mol. The molecule has 0 aromatic heterocycles. The molecule has 94 valence electrons. The number of carbonyl (C=O) groups is 1. The molecule has 1 amide bonds. The third-order valence-electron chi connectivity index (χ3n) is 2.57. The van der Waals surface area contributed by atoms with Crippen LogP contribution in [-0.4, -0.2) is 36.0 Å². The molecule has 2 nitrogen and oxygen atoms in total. The molecule has 0 aromatic carbocycles. The number of likely N-dealkylation sites (tertiary alicyclic amines) is 1. The second kappa shape index (κ2) is 4.18. The Balaban J connectivity index is 2.77. The van der Waals surface area contributed by atoms with Crippen molar-refractivity contribution in [3.63, 3.8) is 0 Å². The summed E-state index contributed by atoms with van der Waals surface area (Å²) >= 11 is 0. The zero-order valence-electron chi connectivity index (χ0n) is 8.65. The first-order chi connectivity index (χ1) is 7.16. The largest absolute Gasteiger partial charge is 0.463 e. The van der Waals surface area contributed by atoms with Crippen LogP contribution in [0.5, 0.6) is 0 Å². The van der Waals surface area contributed by atoms with E-state index in [9.17, 15) is 26.7 Å². The molecule has 1 rings (SSSR count). The van der Waals surface area contributed by atoms with E-state index >= 15 is 0 Å². The van der Waals surface area contributed by atoms with Crippen molar-refractivity contribution < 1.29 is 26.7 Å². The van der Waals surface area contributed by atoms with Gasteiger partial charge in [-0.2, -0.15) is 22.0 Å². The smallest absolute Gasteiger partial charge is 0.337 e. The SMILES string of the molecule is CC1CCCN(C(=O)C(F)(F)C(F)(F)F)C1. The molecule has 1 heterocycles. The van der Waals surface area contributed by atoms with Crippen molar-refractivity contribution in [2.24, 2.45) is 5.92 Å². The maximum atomic E-state index is 12.7. The van der Waals surface area contributed by atoms with Gasteiger partial charge in [-0.15, -0.1) is 0 Å². The number of rotatable bonds is 1. The fraction of sp³-hybridized carbons (Fsp3) is 0.889. The zero-order chi connectivity index (χ0) is 12.6. The van der Waals surface area contributed by atoms with Gasteiger partial charge in [0.25, 0.3) is 0 Å². The lowest BCUT2D eigenvalue weighted by Gasteiger charge is -2.33. The molecule has 16 heavy (non-hydrogen) atoms. The van der Waals surface area contributed by atoms with Crippen LogP contribution in [0.3, 0.4) is 0 Å². The summed E-state index contributed by atoms with van der Waals surface area (Å²) in [5, 5.41) is 0. The van der Waals surface area contributed by atoms with Crippen LogP contribution in [0.25, 0.3) is 0 Å². The Morgan fingerprint density at radius 2 is 1.81 bits per heavy atom. The van der Waals surface area contributed by atoms with Crippen molar-refractivity contribution in [3.05, 3.63) is 0 Å². The predicted molar refractivity (Wildman–Crippen MR) is 46.0 cm³/mol. The fourth-order valence-corrected chi connectivity index (χ4v) is 1.69. The predicted octanol–water partition coefficient (Wildman–Crippen LogP) is 2.44. The van der Waals surface area contributed by atoms with E-state index in [4.69, 9.17) is 0 Å². The standard InChI is InChI=1S/C9H12F5NO/c1-6-3-2-4-15(5-6)7(16)8(10,11)9(12,13)14/h6H,2-5H2,1H3. The molecule has 1 saturated heterocycles. The van der Waals surface area contributed by atoms with E-state index in [0.29, 0.717) is 11.3 Å². The molecule has 1 aliphatic heterocycles. The summed E-state index contributed by atoms with van der Waals surface area (Å²) in [6.07, 6.45) is -4.62. The van der Waals surface area contributed by atoms with E-state index in [1.165, 1.54) is 0 Å². The molecule has 1 aliphatic rings. The number of hydrogen-bond acceptors (Lipinski definition) is 1. The number of hydrogen-bond donors (Lipinski definition) is 0. The van der Waals surface area contributed by atoms with Gasteiger partial charge in [0.2, 0.25) is 0 Å². The van der Waals surface area contributed by atoms with Crippen LogP contribution in [0, 0.1) is 5.92 Å². The van der Waals surface area contributed by atoms with Crippen LogP contribution in [0.4, 0.5) is 22.0 Å². The van der Waals surface area contributed by atoms with Gasteiger partial charge in [0, 0.05) is 13.1 Å². The normalized spacial score (nSPS) is 23.4. The number of piperidine rings is 1. The van der Waals surface area contributed by atoms with Gasteiger partial charge in [-0.1, -0.05) is 6.92 Å². The maximum absolute atomic E-state index is 12.7. The van der Waals surface area contributed by atoms with Crippen molar-refractivity contribution in [2.45, 2.75) is 31.9 Å². The Kier molecular flexibility index (Phi) is 3.44. The minimum atomic E-state index is -5.81. The molecule has 0 saturated carbocycles. The van der Waals surface area contributed by atoms with Crippen LogP contribution in [0.2, 0.25) is 0 Å². The second-order valence-corrected chi connectivity index (χ2v) is 4.07. The summed E-state index contributed by atoms with van der Waals surface area (Å²) in [4.78, 5) is 11.7. The minimum Gasteiger partial charge on any atom is -0.337 e. The van der Waals surface area contributed by atoms with Gasteiger partial charge in [0.1, 0.15) is 0 Å². The molecule has 0 N–H and O–H groups in total. The topological polar surface area (TPSA) is 20.3 Å². The lowest BCUT2D eigenvalue weighted by Crippen LogP contribution is -2.54. The number of halogens is 5. The Labute approximate surface area is 89.4 Å². The first kappa shape index (κ1) is 13.2. The highest BCUT2D eigenvalue weighted by molar-refractivity contribution is 5.84. The van der Waals surface area contributed by atoms with Gasteiger partial charge in [-0.3, -0.25) is 4.79 Å².